The predicted molar refractivity (Wildman–Crippen MR) is 69.2 cm³/mol. The van der Waals surface area contributed by atoms with Gasteiger partial charge in [0, 0.05) is 6.42 Å². The minimum atomic E-state index is -1.35. The van der Waals surface area contributed by atoms with Gasteiger partial charge in [0.15, 0.2) is 18.3 Å². The minimum Gasteiger partial charge on any atom is -0.479 e. The lowest BCUT2D eigenvalue weighted by Crippen LogP contribution is -2.35. The summed E-state index contributed by atoms with van der Waals surface area (Å²) in [7, 11) is 0. The molecule has 0 bridgehead atoms. The second-order valence-corrected chi connectivity index (χ2v) is 4.38. The van der Waals surface area contributed by atoms with Gasteiger partial charge < -0.3 is 19.3 Å². The van der Waals surface area contributed by atoms with Crippen LogP contribution in [-0.4, -0.2) is 47.3 Å². The van der Waals surface area contributed by atoms with Gasteiger partial charge in [-0.05, 0) is 27.2 Å². The van der Waals surface area contributed by atoms with Crippen molar-refractivity contribution in [3.63, 3.8) is 0 Å². The van der Waals surface area contributed by atoms with Crippen molar-refractivity contribution < 1.29 is 38.5 Å². The third kappa shape index (κ3) is 7.28. The molecule has 8 heteroatoms. The molecule has 120 valence electrons. The van der Waals surface area contributed by atoms with Crippen LogP contribution < -0.4 is 0 Å². The molecule has 0 rings (SSSR count). The maximum atomic E-state index is 11.6. The van der Waals surface area contributed by atoms with Crippen molar-refractivity contribution in [3.8, 4) is 0 Å². The smallest absolute Gasteiger partial charge is 0.347 e. The molecule has 8 nitrogen and oxygen atoms in total. The van der Waals surface area contributed by atoms with Crippen LogP contribution in [0, 0.1) is 0 Å². The Kier molecular flexibility index (Phi) is 8.03. The maximum Gasteiger partial charge on any atom is 0.347 e. The third-order valence-corrected chi connectivity index (χ3v) is 2.36. The highest BCUT2D eigenvalue weighted by Crippen LogP contribution is 2.05. The van der Waals surface area contributed by atoms with Crippen molar-refractivity contribution in [2.24, 2.45) is 0 Å². The van der Waals surface area contributed by atoms with E-state index < -0.39 is 42.2 Å². The van der Waals surface area contributed by atoms with Crippen LogP contribution in [0.25, 0.3) is 0 Å². The Bertz CT molecular complexity index is 403. The van der Waals surface area contributed by atoms with E-state index in [0.29, 0.717) is 6.42 Å². The molecule has 0 aliphatic rings. The molecule has 21 heavy (non-hydrogen) atoms. The summed E-state index contributed by atoms with van der Waals surface area (Å²) in [5.41, 5.74) is 0. The Balaban J connectivity index is 4.33. The molecule has 0 amide bonds. The number of hydrogen-bond acceptors (Lipinski definition) is 7. The van der Waals surface area contributed by atoms with Crippen molar-refractivity contribution in [2.75, 3.05) is 0 Å². The fourth-order valence-electron chi connectivity index (χ4n) is 1.15. The first-order valence-electron chi connectivity index (χ1n) is 6.52. The molecule has 0 aromatic carbocycles. The first kappa shape index (κ1) is 18.9. The van der Waals surface area contributed by atoms with Gasteiger partial charge in [-0.1, -0.05) is 6.92 Å². The third-order valence-electron chi connectivity index (χ3n) is 2.36. The van der Waals surface area contributed by atoms with Gasteiger partial charge in [0.2, 0.25) is 0 Å². The lowest BCUT2D eigenvalue weighted by molar-refractivity contribution is -0.181. The van der Waals surface area contributed by atoms with Crippen molar-refractivity contribution in [1.82, 2.24) is 0 Å². The van der Waals surface area contributed by atoms with Gasteiger partial charge in [-0.2, -0.15) is 0 Å². The van der Waals surface area contributed by atoms with Gasteiger partial charge in [0.05, 0.1) is 0 Å². The summed E-state index contributed by atoms with van der Waals surface area (Å²) in [4.78, 5) is 44.8. The average molecular weight is 304 g/mol. The number of aliphatic carboxylic acids is 1. The lowest BCUT2D eigenvalue weighted by atomic mass is 10.3. The zero-order valence-corrected chi connectivity index (χ0v) is 12.5. The molecule has 0 fully saturated rings. The monoisotopic (exact) mass is 304 g/mol. The second kappa shape index (κ2) is 8.93. The van der Waals surface area contributed by atoms with E-state index in [1.165, 1.54) is 20.8 Å². The Morgan fingerprint density at radius 1 is 0.857 bits per heavy atom. The Morgan fingerprint density at radius 2 is 1.29 bits per heavy atom. The second-order valence-electron chi connectivity index (χ2n) is 4.38. The van der Waals surface area contributed by atoms with Crippen LogP contribution in [0.1, 0.15) is 40.5 Å². The molecule has 0 aliphatic carbocycles. The lowest BCUT2D eigenvalue weighted by Gasteiger charge is -2.17. The van der Waals surface area contributed by atoms with E-state index in [4.69, 9.17) is 14.6 Å². The summed E-state index contributed by atoms with van der Waals surface area (Å²) in [5, 5.41) is 8.59. The first-order valence-corrected chi connectivity index (χ1v) is 6.52. The number of rotatable bonds is 8. The van der Waals surface area contributed by atoms with E-state index in [0.717, 1.165) is 0 Å². The molecule has 0 radical (unpaired) electrons. The summed E-state index contributed by atoms with van der Waals surface area (Å²) in [6.45, 7) is 5.50. The highest BCUT2D eigenvalue weighted by Gasteiger charge is 2.27. The molecule has 0 heterocycles. The average Bonchev–Trinajstić information content (AvgIpc) is 2.38. The molecular weight excluding hydrogens is 284 g/mol. The normalized spacial score (nSPS) is 14.5. The van der Waals surface area contributed by atoms with Crippen LogP contribution >= 0.6 is 0 Å². The number of esters is 3. The molecule has 0 aliphatic heterocycles. The van der Waals surface area contributed by atoms with Gasteiger partial charge in [-0.15, -0.1) is 0 Å². The van der Waals surface area contributed by atoms with Crippen molar-refractivity contribution in [2.45, 2.75) is 58.8 Å². The van der Waals surface area contributed by atoms with Crippen molar-refractivity contribution >= 4 is 23.9 Å². The van der Waals surface area contributed by atoms with Crippen LogP contribution in [0.3, 0.4) is 0 Å². The number of ether oxygens (including phenoxy) is 3. The number of carboxylic acids is 1. The van der Waals surface area contributed by atoms with E-state index in [1.54, 1.807) is 6.92 Å². The Morgan fingerprint density at radius 3 is 1.71 bits per heavy atom. The highest BCUT2D eigenvalue weighted by atomic mass is 16.6. The highest BCUT2D eigenvalue weighted by molar-refractivity contribution is 5.84. The van der Waals surface area contributed by atoms with Gasteiger partial charge >= 0.3 is 23.9 Å². The van der Waals surface area contributed by atoms with E-state index in [2.05, 4.69) is 4.74 Å². The van der Waals surface area contributed by atoms with Crippen LogP contribution in [-0.2, 0) is 33.4 Å². The van der Waals surface area contributed by atoms with E-state index >= 15 is 0 Å². The van der Waals surface area contributed by atoms with E-state index in [9.17, 15) is 19.2 Å². The topological polar surface area (TPSA) is 116 Å². The largest absolute Gasteiger partial charge is 0.479 e. The van der Waals surface area contributed by atoms with Gasteiger partial charge in [0.25, 0.3) is 0 Å². The van der Waals surface area contributed by atoms with Crippen LogP contribution in [0.4, 0.5) is 0 Å². The number of carboxylic acid groups (broad SMARTS) is 1. The van der Waals surface area contributed by atoms with Crippen LogP contribution in [0.2, 0.25) is 0 Å². The van der Waals surface area contributed by atoms with E-state index in [1.807, 2.05) is 0 Å². The van der Waals surface area contributed by atoms with Crippen molar-refractivity contribution in [1.29, 1.82) is 0 Å². The van der Waals surface area contributed by atoms with Crippen LogP contribution in [0.15, 0.2) is 0 Å². The SMILES string of the molecule is CCCC(=O)O[C@@H](C)C(=O)O[C@H](C)C(=O)O[C@H](C)C(=O)O. The Labute approximate surface area is 122 Å². The number of carbonyl (C=O) groups excluding carboxylic acids is 3. The summed E-state index contributed by atoms with van der Waals surface area (Å²) in [6, 6.07) is 0. The fourth-order valence-corrected chi connectivity index (χ4v) is 1.15. The van der Waals surface area contributed by atoms with Crippen molar-refractivity contribution in [3.05, 3.63) is 0 Å². The molecule has 0 aromatic rings. The molecule has 1 N–H and O–H groups in total. The number of hydrogen-bond donors (Lipinski definition) is 1. The van der Waals surface area contributed by atoms with Gasteiger partial charge in [-0.3, -0.25) is 4.79 Å². The zero-order valence-electron chi connectivity index (χ0n) is 12.5. The predicted octanol–water partition coefficient (Wildman–Crippen LogP) is 0.666. The van der Waals surface area contributed by atoms with E-state index in [-0.39, 0.29) is 6.42 Å². The molecule has 0 aromatic heterocycles. The molecule has 3 atom stereocenters. The molecule has 0 saturated heterocycles. The molecular formula is C13H20O8. The summed E-state index contributed by atoms with van der Waals surface area (Å²) in [5.74, 6) is -3.77. The standard InChI is InChI=1S/C13H20O8/c1-5-6-10(14)19-8(3)12(17)21-9(4)13(18)20-7(2)11(15)16/h7-9H,5-6H2,1-4H3,(H,15,16)/t7-,8+,9-/m1/s1. The van der Waals surface area contributed by atoms with Gasteiger partial charge in [-0.25, -0.2) is 14.4 Å². The van der Waals surface area contributed by atoms with Gasteiger partial charge in [0.1, 0.15) is 0 Å². The quantitative estimate of drug-likeness (QED) is 0.513. The summed E-state index contributed by atoms with van der Waals surface area (Å²) in [6.07, 6.45) is -3.05. The summed E-state index contributed by atoms with van der Waals surface area (Å²) < 4.78 is 14.1. The Hall–Kier alpha value is -2.12. The number of carbonyl (C=O) groups is 4. The molecule has 0 unspecified atom stereocenters. The zero-order chi connectivity index (χ0) is 16.6. The fraction of sp³-hybridized carbons (Fsp3) is 0.692. The van der Waals surface area contributed by atoms with Crippen LogP contribution in [0.5, 0.6) is 0 Å². The molecule has 0 saturated carbocycles. The minimum absolute atomic E-state index is 0.172. The first-order chi connectivity index (χ1) is 9.68. The maximum absolute atomic E-state index is 11.6. The molecule has 0 spiro atoms. The summed E-state index contributed by atoms with van der Waals surface area (Å²) >= 11 is 0.